The molecule has 2 rings (SSSR count). The summed E-state index contributed by atoms with van der Waals surface area (Å²) in [7, 11) is 0. The van der Waals surface area contributed by atoms with Gasteiger partial charge in [0.1, 0.15) is 11.9 Å². The summed E-state index contributed by atoms with van der Waals surface area (Å²) < 4.78 is 0. The SMILES string of the molecule is C=CC(=C)CN1/C(=C/C(=C)C(=N)N)C(=C)CC1C(=O)NC1CCN(CCCN)CC1. The van der Waals surface area contributed by atoms with Crippen molar-refractivity contribution in [3.63, 3.8) is 0 Å². The van der Waals surface area contributed by atoms with Crippen LogP contribution in [-0.2, 0) is 4.79 Å². The van der Waals surface area contributed by atoms with E-state index in [-0.39, 0.29) is 23.8 Å². The predicted octanol–water partition coefficient (Wildman–Crippen LogP) is 1.66. The van der Waals surface area contributed by atoms with Crippen LogP contribution < -0.4 is 16.8 Å². The molecular formula is C23H36N6O. The minimum Gasteiger partial charge on any atom is -0.384 e. The molecule has 7 heteroatoms. The highest BCUT2D eigenvalue weighted by Crippen LogP contribution is 2.33. The van der Waals surface area contributed by atoms with Gasteiger partial charge in [-0.25, -0.2) is 0 Å². The minimum atomic E-state index is -0.379. The van der Waals surface area contributed by atoms with Crippen molar-refractivity contribution in [3.05, 3.63) is 60.9 Å². The lowest BCUT2D eigenvalue weighted by molar-refractivity contribution is -0.126. The average Bonchev–Trinajstić information content (AvgIpc) is 3.02. The number of piperidine rings is 1. The number of nitrogens with zero attached hydrogens (tertiary/aromatic N) is 2. The summed E-state index contributed by atoms with van der Waals surface area (Å²) in [4.78, 5) is 17.5. The highest BCUT2D eigenvalue weighted by atomic mass is 16.2. The third-order valence-electron chi connectivity index (χ3n) is 5.72. The molecule has 6 N–H and O–H groups in total. The van der Waals surface area contributed by atoms with Crippen LogP contribution >= 0.6 is 0 Å². The van der Waals surface area contributed by atoms with Crippen LogP contribution in [-0.4, -0.2) is 66.4 Å². The Morgan fingerprint density at radius 2 is 1.97 bits per heavy atom. The van der Waals surface area contributed by atoms with Crippen molar-refractivity contribution in [1.29, 1.82) is 5.41 Å². The first-order chi connectivity index (χ1) is 14.3. The Morgan fingerprint density at radius 3 is 2.53 bits per heavy atom. The number of hydrogen-bond donors (Lipinski definition) is 4. The predicted molar refractivity (Wildman–Crippen MR) is 124 cm³/mol. The van der Waals surface area contributed by atoms with Gasteiger partial charge in [-0.3, -0.25) is 10.2 Å². The molecule has 1 atom stereocenters. The van der Waals surface area contributed by atoms with Crippen molar-refractivity contribution in [1.82, 2.24) is 15.1 Å². The monoisotopic (exact) mass is 412 g/mol. The molecule has 0 bridgehead atoms. The molecule has 7 nitrogen and oxygen atoms in total. The van der Waals surface area contributed by atoms with Crippen LogP contribution in [0.2, 0.25) is 0 Å². The van der Waals surface area contributed by atoms with Crippen LogP contribution in [0, 0.1) is 5.41 Å². The summed E-state index contributed by atoms with van der Waals surface area (Å²) in [5.74, 6) is -0.114. The van der Waals surface area contributed by atoms with Crippen molar-refractivity contribution in [2.45, 2.75) is 37.8 Å². The molecule has 164 valence electrons. The first-order valence-electron chi connectivity index (χ1n) is 10.5. The molecule has 0 spiro atoms. The molecule has 0 aromatic heterocycles. The van der Waals surface area contributed by atoms with E-state index in [2.05, 4.69) is 36.5 Å². The number of likely N-dealkylation sites (tertiary alicyclic amines) is 2. The van der Waals surface area contributed by atoms with Crippen molar-refractivity contribution >= 4 is 11.7 Å². The largest absolute Gasteiger partial charge is 0.384 e. The summed E-state index contributed by atoms with van der Waals surface area (Å²) in [5, 5.41) is 10.8. The lowest BCUT2D eigenvalue weighted by Crippen LogP contribution is -2.50. The molecule has 0 aliphatic carbocycles. The van der Waals surface area contributed by atoms with Crippen LogP contribution in [0.4, 0.5) is 0 Å². The van der Waals surface area contributed by atoms with Crippen molar-refractivity contribution in [2.24, 2.45) is 11.5 Å². The van der Waals surface area contributed by atoms with E-state index in [4.69, 9.17) is 16.9 Å². The van der Waals surface area contributed by atoms with Gasteiger partial charge < -0.3 is 26.6 Å². The quantitative estimate of drug-likeness (QED) is 0.248. The van der Waals surface area contributed by atoms with Crippen LogP contribution in [0.5, 0.6) is 0 Å². The maximum atomic E-state index is 13.2. The van der Waals surface area contributed by atoms with Gasteiger partial charge in [0.2, 0.25) is 5.91 Å². The van der Waals surface area contributed by atoms with Crippen LogP contribution in [0.1, 0.15) is 25.7 Å². The van der Waals surface area contributed by atoms with Crippen LogP contribution in [0.3, 0.4) is 0 Å². The second-order valence-corrected chi connectivity index (χ2v) is 8.05. The Kier molecular flexibility index (Phi) is 8.62. The Balaban J connectivity index is 2.08. The van der Waals surface area contributed by atoms with Crippen molar-refractivity contribution < 1.29 is 4.79 Å². The Hall–Kier alpha value is -2.64. The van der Waals surface area contributed by atoms with Gasteiger partial charge in [0.25, 0.3) is 0 Å². The number of amides is 1. The van der Waals surface area contributed by atoms with Crippen LogP contribution in [0.25, 0.3) is 0 Å². The van der Waals surface area contributed by atoms with E-state index in [0.29, 0.717) is 25.1 Å². The molecule has 30 heavy (non-hydrogen) atoms. The average molecular weight is 413 g/mol. The third kappa shape index (κ3) is 6.18. The highest BCUT2D eigenvalue weighted by Gasteiger charge is 2.37. The van der Waals surface area contributed by atoms with E-state index in [1.54, 1.807) is 12.2 Å². The summed E-state index contributed by atoms with van der Waals surface area (Å²) in [6, 6.07) is -0.208. The Morgan fingerprint density at radius 1 is 1.30 bits per heavy atom. The summed E-state index contributed by atoms with van der Waals surface area (Å²) in [6.45, 7) is 19.9. The van der Waals surface area contributed by atoms with Gasteiger partial charge in [-0.15, -0.1) is 0 Å². The second-order valence-electron chi connectivity index (χ2n) is 8.05. The molecule has 2 aliphatic rings. The molecule has 2 saturated heterocycles. The zero-order chi connectivity index (χ0) is 22.3. The number of allylic oxidation sites excluding steroid dienone is 1. The zero-order valence-electron chi connectivity index (χ0n) is 18.0. The number of nitrogens with two attached hydrogens (primary N) is 2. The molecule has 0 aromatic rings. The minimum absolute atomic E-state index is 0.00902. The molecule has 2 heterocycles. The fraction of sp³-hybridized carbons (Fsp3) is 0.478. The Bertz CT molecular complexity index is 745. The zero-order valence-corrected chi connectivity index (χ0v) is 18.0. The fourth-order valence-corrected chi connectivity index (χ4v) is 3.87. The number of amidine groups is 1. The van der Waals surface area contributed by atoms with Gasteiger partial charge in [0, 0.05) is 43.4 Å². The number of carbonyl (C=O) groups is 1. The van der Waals surface area contributed by atoms with Gasteiger partial charge in [-0.2, -0.15) is 0 Å². The molecule has 2 fully saturated rings. The van der Waals surface area contributed by atoms with Crippen molar-refractivity contribution in [3.8, 4) is 0 Å². The smallest absolute Gasteiger partial charge is 0.243 e. The molecule has 0 saturated carbocycles. The summed E-state index contributed by atoms with van der Waals surface area (Å²) in [6.07, 6.45) is 6.81. The molecular weight excluding hydrogens is 376 g/mol. The van der Waals surface area contributed by atoms with E-state index < -0.39 is 0 Å². The van der Waals surface area contributed by atoms with Gasteiger partial charge in [-0.1, -0.05) is 32.4 Å². The lowest BCUT2D eigenvalue weighted by atomic mass is 10.0. The number of nitrogens with one attached hydrogen (secondary N) is 2. The first kappa shape index (κ1) is 23.6. The topological polar surface area (TPSA) is 111 Å². The second kappa shape index (κ2) is 10.9. The van der Waals surface area contributed by atoms with Crippen LogP contribution in [0.15, 0.2) is 60.9 Å². The highest BCUT2D eigenvalue weighted by molar-refractivity contribution is 5.96. The van der Waals surface area contributed by atoms with Gasteiger partial charge in [0.15, 0.2) is 0 Å². The van der Waals surface area contributed by atoms with Gasteiger partial charge in [-0.05, 0) is 49.6 Å². The van der Waals surface area contributed by atoms with Gasteiger partial charge >= 0.3 is 0 Å². The standard InChI is InChI=1S/C23H36N6O/c1-5-16(2)15-29-20(14-18(4)22(25)26)17(3)13-21(29)23(30)27-19-7-11-28(12-8-19)10-6-9-24/h5,14,19,21H,1-4,6-13,15,24H2,(H3,25,26)(H,27,30)/b20-14+. The van der Waals surface area contributed by atoms with E-state index in [0.717, 1.165) is 55.7 Å². The van der Waals surface area contributed by atoms with E-state index >= 15 is 0 Å². The maximum absolute atomic E-state index is 13.2. The van der Waals surface area contributed by atoms with E-state index in [1.807, 2.05) is 4.90 Å². The molecule has 1 amide bonds. The molecule has 0 aromatic carbocycles. The maximum Gasteiger partial charge on any atom is 0.243 e. The third-order valence-corrected chi connectivity index (χ3v) is 5.72. The molecule has 0 radical (unpaired) electrons. The number of carbonyl (C=O) groups excluding carboxylic acids is 1. The number of hydrogen-bond acceptors (Lipinski definition) is 5. The summed E-state index contributed by atoms with van der Waals surface area (Å²) >= 11 is 0. The Labute approximate surface area is 180 Å². The van der Waals surface area contributed by atoms with E-state index in [1.165, 1.54) is 0 Å². The fourth-order valence-electron chi connectivity index (χ4n) is 3.87. The van der Waals surface area contributed by atoms with Crippen molar-refractivity contribution in [2.75, 3.05) is 32.7 Å². The number of rotatable bonds is 10. The molecule has 1 unspecified atom stereocenters. The normalized spacial score (nSPS) is 21.6. The molecule has 2 aliphatic heterocycles. The first-order valence-corrected chi connectivity index (χ1v) is 10.5. The lowest BCUT2D eigenvalue weighted by Gasteiger charge is -2.34. The van der Waals surface area contributed by atoms with E-state index in [9.17, 15) is 4.79 Å². The summed E-state index contributed by atoms with van der Waals surface area (Å²) in [5.41, 5.74) is 14.0. The van der Waals surface area contributed by atoms with Gasteiger partial charge in [0.05, 0.1) is 0 Å².